The van der Waals surface area contributed by atoms with Gasteiger partial charge < -0.3 is 0 Å². The lowest BCUT2D eigenvalue weighted by molar-refractivity contribution is 1.44. The highest BCUT2D eigenvalue weighted by Crippen LogP contribution is 2.61. The Kier molecular flexibility index (Phi) is 5.36. The molecule has 0 atom stereocenters. The number of fused-ring (bicyclic) bond motifs is 7. The molecule has 3 nitrogen and oxygen atoms in total. The summed E-state index contributed by atoms with van der Waals surface area (Å²) in [5.41, 5.74) is 12.9. The van der Waals surface area contributed by atoms with E-state index in [-0.39, 0.29) is 5.57 Å². The van der Waals surface area contributed by atoms with E-state index in [9.17, 15) is 15.8 Å². The van der Waals surface area contributed by atoms with Crippen LogP contribution in [0.5, 0.6) is 0 Å². The topological polar surface area (TPSA) is 71.4 Å². The summed E-state index contributed by atoms with van der Waals surface area (Å²) in [6.45, 7) is 1.86. The van der Waals surface area contributed by atoms with Crippen molar-refractivity contribution in [2.45, 2.75) is 6.92 Å². The minimum absolute atomic E-state index is 0.104. The molecule has 2 aliphatic rings. The van der Waals surface area contributed by atoms with Gasteiger partial charge in [-0.15, -0.1) is 11.3 Å². The summed E-state index contributed by atoms with van der Waals surface area (Å²) in [6, 6.07) is 39.8. The largest absolute Gasteiger partial charge is 0.193 e. The van der Waals surface area contributed by atoms with E-state index in [1.54, 1.807) is 11.3 Å². The van der Waals surface area contributed by atoms with Gasteiger partial charge in [0.2, 0.25) is 0 Å². The normalized spacial score (nSPS) is 13.3. The van der Waals surface area contributed by atoms with Crippen molar-refractivity contribution >= 4 is 22.5 Å². The third-order valence-electron chi connectivity index (χ3n) is 7.71. The van der Waals surface area contributed by atoms with Crippen LogP contribution in [0.1, 0.15) is 27.8 Å². The van der Waals surface area contributed by atoms with E-state index in [1.807, 2.05) is 43.3 Å². The number of allylic oxidation sites excluding steroid dienone is 2. The first-order valence-electron chi connectivity index (χ1n) is 12.9. The molecule has 0 amide bonds. The maximum Gasteiger partial charge on any atom is 0.138 e. The molecule has 0 saturated heterocycles. The molecular weight excluding hydrogens is 506 g/mol. The van der Waals surface area contributed by atoms with E-state index in [1.165, 1.54) is 0 Å². The minimum atomic E-state index is 0.104. The summed E-state index contributed by atoms with van der Waals surface area (Å²) >= 11 is 1.58. The van der Waals surface area contributed by atoms with Crippen LogP contribution in [0.4, 0.5) is 0 Å². The molecule has 2 aliphatic carbocycles. The molecule has 0 bridgehead atoms. The Bertz CT molecular complexity index is 2060. The smallest absolute Gasteiger partial charge is 0.138 e. The van der Waals surface area contributed by atoms with Crippen molar-refractivity contribution in [1.29, 1.82) is 15.8 Å². The van der Waals surface area contributed by atoms with Gasteiger partial charge in [0, 0.05) is 37.6 Å². The summed E-state index contributed by atoms with van der Waals surface area (Å²) in [6.07, 6.45) is 0. The molecular formula is C36H19N3S. The van der Waals surface area contributed by atoms with Gasteiger partial charge in [-0.1, -0.05) is 84.9 Å². The number of hydrogen-bond donors (Lipinski definition) is 0. The van der Waals surface area contributed by atoms with Crippen molar-refractivity contribution in [3.8, 4) is 62.7 Å². The lowest BCUT2D eigenvalue weighted by Gasteiger charge is -2.09. The molecule has 4 heteroatoms. The van der Waals surface area contributed by atoms with E-state index in [2.05, 4.69) is 78.9 Å². The highest BCUT2D eigenvalue weighted by molar-refractivity contribution is 7.16. The molecule has 7 rings (SSSR count). The van der Waals surface area contributed by atoms with Gasteiger partial charge in [0.15, 0.2) is 0 Å². The minimum Gasteiger partial charge on any atom is -0.193 e. The van der Waals surface area contributed by atoms with Crippen molar-refractivity contribution in [2.75, 3.05) is 0 Å². The van der Waals surface area contributed by atoms with Crippen molar-refractivity contribution in [2.24, 2.45) is 0 Å². The monoisotopic (exact) mass is 525 g/mol. The predicted molar refractivity (Wildman–Crippen MR) is 161 cm³/mol. The van der Waals surface area contributed by atoms with Crippen LogP contribution in [0.3, 0.4) is 0 Å². The summed E-state index contributed by atoms with van der Waals surface area (Å²) in [7, 11) is 0. The Balaban J connectivity index is 1.53. The van der Waals surface area contributed by atoms with Crippen LogP contribution in [0.15, 0.2) is 108 Å². The van der Waals surface area contributed by atoms with Crippen molar-refractivity contribution < 1.29 is 0 Å². The zero-order chi connectivity index (χ0) is 27.4. The molecule has 184 valence electrons. The first-order chi connectivity index (χ1) is 19.6. The van der Waals surface area contributed by atoms with Crippen LogP contribution in [0, 0.1) is 34.0 Å². The van der Waals surface area contributed by atoms with Gasteiger partial charge in [0.1, 0.15) is 17.7 Å². The van der Waals surface area contributed by atoms with Crippen LogP contribution in [-0.4, -0.2) is 0 Å². The number of rotatable bonds is 2. The Morgan fingerprint density at radius 3 is 1.48 bits per heavy atom. The first-order valence-corrected chi connectivity index (χ1v) is 13.7. The van der Waals surface area contributed by atoms with E-state index < -0.39 is 0 Å². The van der Waals surface area contributed by atoms with Crippen LogP contribution < -0.4 is 0 Å². The van der Waals surface area contributed by atoms with Gasteiger partial charge in [0.05, 0.1) is 6.07 Å². The zero-order valence-corrected chi connectivity index (χ0v) is 22.3. The summed E-state index contributed by atoms with van der Waals surface area (Å²) in [5, 5.41) is 29.9. The second kappa shape index (κ2) is 9.07. The molecule has 0 spiro atoms. The number of benzene rings is 4. The zero-order valence-electron chi connectivity index (χ0n) is 21.5. The van der Waals surface area contributed by atoms with Crippen molar-refractivity contribution in [3.63, 3.8) is 0 Å². The standard InChI is InChI=1S/C36H19N3S/c1-21(18-37)31-29-16-24(22-8-4-2-5-9-22)12-14-27(29)33-34-28-15-13-25(23-10-6-3-7-11-23)17-30(28)32(26(19-38)20-39)36(34)40-35(31)33/h2-17H,1H3/b31-21+. The highest BCUT2D eigenvalue weighted by Gasteiger charge is 2.39. The van der Waals surface area contributed by atoms with Gasteiger partial charge in [0.25, 0.3) is 0 Å². The Labute approximate surface area is 236 Å². The van der Waals surface area contributed by atoms with E-state index in [4.69, 9.17) is 0 Å². The van der Waals surface area contributed by atoms with Crippen LogP contribution >= 0.6 is 11.3 Å². The van der Waals surface area contributed by atoms with Crippen molar-refractivity contribution in [1.82, 2.24) is 0 Å². The molecule has 0 saturated carbocycles. The molecule has 0 radical (unpaired) electrons. The molecule has 40 heavy (non-hydrogen) atoms. The van der Waals surface area contributed by atoms with E-state index in [0.29, 0.717) is 11.1 Å². The fraction of sp³-hybridized carbons (Fsp3) is 0.0278. The number of hydrogen-bond acceptors (Lipinski definition) is 4. The first kappa shape index (κ1) is 23.6. The van der Waals surface area contributed by atoms with Gasteiger partial charge in [-0.25, -0.2) is 0 Å². The molecule has 5 aromatic rings. The van der Waals surface area contributed by atoms with Gasteiger partial charge in [-0.05, 0) is 63.6 Å². The van der Waals surface area contributed by atoms with Gasteiger partial charge >= 0.3 is 0 Å². The van der Waals surface area contributed by atoms with Crippen LogP contribution in [-0.2, 0) is 0 Å². The van der Waals surface area contributed by atoms with E-state index >= 15 is 0 Å². The molecule has 1 heterocycles. The summed E-state index contributed by atoms with van der Waals surface area (Å²) < 4.78 is 0. The second-order valence-electron chi connectivity index (χ2n) is 9.85. The number of thiophene rings is 1. The SMILES string of the molecule is C/C(C#N)=C1/c2cc(-c3ccccc3)ccc2-c2c1sc1c2-c2ccc(-c3ccccc3)cc2C1=C(C#N)C#N. The third-order valence-corrected chi connectivity index (χ3v) is 8.93. The maximum absolute atomic E-state index is 9.99. The van der Waals surface area contributed by atoms with Crippen molar-refractivity contribution in [3.05, 3.63) is 129 Å². The Morgan fingerprint density at radius 2 is 1.00 bits per heavy atom. The average Bonchev–Trinajstić information content (AvgIpc) is 3.63. The van der Waals surface area contributed by atoms with Gasteiger partial charge in [-0.3, -0.25) is 0 Å². The Morgan fingerprint density at radius 1 is 0.525 bits per heavy atom. The number of nitriles is 3. The number of nitrogens with zero attached hydrogens (tertiary/aromatic N) is 3. The molecule has 1 aromatic heterocycles. The lowest BCUT2D eigenvalue weighted by Crippen LogP contribution is -1.88. The summed E-state index contributed by atoms with van der Waals surface area (Å²) in [5.74, 6) is 0. The average molecular weight is 526 g/mol. The third kappa shape index (κ3) is 3.33. The predicted octanol–water partition coefficient (Wildman–Crippen LogP) is 9.24. The summed E-state index contributed by atoms with van der Waals surface area (Å²) in [4.78, 5) is 1.94. The van der Waals surface area contributed by atoms with Crippen LogP contribution in [0.2, 0.25) is 0 Å². The highest BCUT2D eigenvalue weighted by atomic mass is 32.1. The quantitative estimate of drug-likeness (QED) is 0.211. The molecule has 0 aliphatic heterocycles. The fourth-order valence-electron chi connectivity index (χ4n) is 5.91. The fourth-order valence-corrected chi connectivity index (χ4v) is 7.43. The Hall–Kier alpha value is -5.47. The van der Waals surface area contributed by atoms with E-state index in [0.717, 1.165) is 71.0 Å². The molecule has 0 unspecified atom stereocenters. The molecule has 0 fully saturated rings. The molecule has 4 aromatic carbocycles. The molecule has 0 N–H and O–H groups in total. The van der Waals surface area contributed by atoms with Gasteiger partial charge in [-0.2, -0.15) is 15.8 Å². The lowest BCUT2D eigenvalue weighted by atomic mass is 9.94. The maximum atomic E-state index is 9.99. The second-order valence-corrected chi connectivity index (χ2v) is 10.9. The van der Waals surface area contributed by atoms with Crippen LogP contribution in [0.25, 0.3) is 55.7 Å².